The molecule has 0 aliphatic rings. The molecule has 0 saturated carbocycles. The molecule has 0 aromatic carbocycles. The van der Waals surface area contributed by atoms with Gasteiger partial charge in [-0.15, -0.1) is 0 Å². The van der Waals surface area contributed by atoms with Crippen LogP contribution in [0.3, 0.4) is 0 Å². The number of nitrogens with one attached hydrogen (secondary N) is 2. The van der Waals surface area contributed by atoms with E-state index in [2.05, 4.69) is 17.6 Å². The highest BCUT2D eigenvalue weighted by atomic mass is 16.5. The van der Waals surface area contributed by atoms with Gasteiger partial charge in [0.05, 0.1) is 0 Å². The van der Waals surface area contributed by atoms with Crippen LogP contribution in [0.15, 0.2) is 0 Å². The molecule has 5 nitrogen and oxygen atoms in total. The fourth-order valence-corrected chi connectivity index (χ4v) is 2.00. The van der Waals surface area contributed by atoms with Gasteiger partial charge in [0.15, 0.2) is 0 Å². The first kappa shape index (κ1) is 19.9. The molecule has 0 spiro atoms. The SMILES string of the molecule is CCCCCCCCOCCCNC(=O)C(C)NC(C)=O. The fraction of sp³-hybridized carbons (Fsp3) is 0.875. The molecule has 2 N–H and O–H groups in total. The molecule has 0 heterocycles. The molecule has 0 aromatic heterocycles. The molecule has 5 heteroatoms. The van der Waals surface area contributed by atoms with Gasteiger partial charge in [0.25, 0.3) is 0 Å². The summed E-state index contributed by atoms with van der Waals surface area (Å²) in [5.74, 6) is -0.346. The van der Waals surface area contributed by atoms with E-state index in [0.717, 1.165) is 19.4 Å². The topological polar surface area (TPSA) is 67.4 Å². The summed E-state index contributed by atoms with van der Waals surface area (Å²) in [4.78, 5) is 22.4. The van der Waals surface area contributed by atoms with Crippen molar-refractivity contribution < 1.29 is 14.3 Å². The number of hydrogen-bond acceptors (Lipinski definition) is 3. The summed E-state index contributed by atoms with van der Waals surface area (Å²) in [6.07, 6.45) is 8.40. The molecule has 21 heavy (non-hydrogen) atoms. The van der Waals surface area contributed by atoms with Crippen molar-refractivity contribution in [1.82, 2.24) is 10.6 Å². The fourth-order valence-electron chi connectivity index (χ4n) is 2.00. The Hall–Kier alpha value is -1.10. The maximum absolute atomic E-state index is 11.6. The first-order valence-electron chi connectivity index (χ1n) is 8.20. The Labute approximate surface area is 129 Å². The van der Waals surface area contributed by atoms with E-state index < -0.39 is 6.04 Å². The molecule has 2 amide bonds. The van der Waals surface area contributed by atoms with E-state index in [9.17, 15) is 9.59 Å². The molecule has 0 fully saturated rings. The minimum Gasteiger partial charge on any atom is -0.381 e. The predicted octanol–water partition coefficient (Wildman–Crippen LogP) is 2.39. The third kappa shape index (κ3) is 13.6. The quantitative estimate of drug-likeness (QED) is 0.513. The van der Waals surface area contributed by atoms with Gasteiger partial charge in [-0.2, -0.15) is 0 Å². The highest BCUT2D eigenvalue weighted by Crippen LogP contribution is 2.04. The number of amides is 2. The van der Waals surface area contributed by atoms with Gasteiger partial charge in [0.2, 0.25) is 11.8 Å². The Morgan fingerprint density at radius 2 is 1.62 bits per heavy atom. The van der Waals surface area contributed by atoms with E-state index in [1.807, 2.05) is 0 Å². The van der Waals surface area contributed by atoms with Crippen molar-refractivity contribution in [3.8, 4) is 0 Å². The molecule has 1 atom stereocenters. The summed E-state index contributed by atoms with van der Waals surface area (Å²) in [6.45, 7) is 7.36. The Balaban J connectivity index is 3.28. The van der Waals surface area contributed by atoms with Gasteiger partial charge in [-0.1, -0.05) is 39.0 Å². The van der Waals surface area contributed by atoms with Gasteiger partial charge in [-0.3, -0.25) is 9.59 Å². The second kappa shape index (κ2) is 13.9. The van der Waals surface area contributed by atoms with E-state index >= 15 is 0 Å². The lowest BCUT2D eigenvalue weighted by molar-refractivity contribution is -0.127. The molecule has 0 radical (unpaired) electrons. The number of rotatable bonds is 13. The third-order valence-corrected chi connectivity index (χ3v) is 3.22. The number of unbranched alkanes of at least 4 members (excludes halogenated alkanes) is 5. The molecular formula is C16H32N2O3. The van der Waals surface area contributed by atoms with Crippen molar-refractivity contribution in [2.24, 2.45) is 0 Å². The lowest BCUT2D eigenvalue weighted by Gasteiger charge is -2.12. The van der Waals surface area contributed by atoms with Crippen molar-refractivity contribution in [2.75, 3.05) is 19.8 Å². The monoisotopic (exact) mass is 300 g/mol. The van der Waals surface area contributed by atoms with Gasteiger partial charge < -0.3 is 15.4 Å². The van der Waals surface area contributed by atoms with Crippen molar-refractivity contribution in [3.05, 3.63) is 0 Å². The zero-order valence-electron chi connectivity index (χ0n) is 13.9. The van der Waals surface area contributed by atoms with E-state index in [1.165, 1.54) is 39.0 Å². The van der Waals surface area contributed by atoms with Gasteiger partial charge in [-0.05, 0) is 19.8 Å². The standard InChI is InChI=1S/C16H32N2O3/c1-4-5-6-7-8-9-12-21-13-10-11-17-16(20)14(2)18-15(3)19/h14H,4-13H2,1-3H3,(H,17,20)(H,18,19). The third-order valence-electron chi connectivity index (χ3n) is 3.22. The van der Waals surface area contributed by atoms with E-state index in [4.69, 9.17) is 4.74 Å². The second-order valence-electron chi connectivity index (χ2n) is 5.45. The zero-order valence-corrected chi connectivity index (χ0v) is 13.9. The molecule has 0 bridgehead atoms. The van der Waals surface area contributed by atoms with Crippen LogP contribution in [-0.2, 0) is 14.3 Å². The smallest absolute Gasteiger partial charge is 0.242 e. The first-order chi connectivity index (χ1) is 10.1. The minimum absolute atomic E-state index is 0.152. The first-order valence-corrected chi connectivity index (χ1v) is 8.20. The lowest BCUT2D eigenvalue weighted by atomic mass is 10.1. The maximum Gasteiger partial charge on any atom is 0.242 e. The average Bonchev–Trinajstić information content (AvgIpc) is 2.43. The Morgan fingerprint density at radius 1 is 1.00 bits per heavy atom. The van der Waals surface area contributed by atoms with Crippen LogP contribution in [0.1, 0.15) is 65.7 Å². The summed E-state index contributed by atoms with van der Waals surface area (Å²) in [6, 6.07) is -0.480. The molecular weight excluding hydrogens is 268 g/mol. The zero-order chi connectivity index (χ0) is 15.9. The largest absolute Gasteiger partial charge is 0.381 e. The predicted molar refractivity (Wildman–Crippen MR) is 85.1 cm³/mol. The lowest BCUT2D eigenvalue weighted by Crippen LogP contribution is -2.44. The highest BCUT2D eigenvalue weighted by Gasteiger charge is 2.12. The van der Waals surface area contributed by atoms with Crippen LogP contribution in [0.2, 0.25) is 0 Å². The van der Waals surface area contributed by atoms with Crippen LogP contribution in [0.5, 0.6) is 0 Å². The van der Waals surface area contributed by atoms with Gasteiger partial charge >= 0.3 is 0 Å². The van der Waals surface area contributed by atoms with Crippen molar-refractivity contribution in [2.45, 2.75) is 71.8 Å². The van der Waals surface area contributed by atoms with Gasteiger partial charge in [0, 0.05) is 26.7 Å². The molecule has 0 aliphatic heterocycles. The number of ether oxygens (including phenoxy) is 1. The van der Waals surface area contributed by atoms with Crippen molar-refractivity contribution in [1.29, 1.82) is 0 Å². The summed E-state index contributed by atoms with van der Waals surface area (Å²) in [5.41, 5.74) is 0. The molecule has 0 aliphatic carbocycles. The number of hydrogen-bond donors (Lipinski definition) is 2. The summed E-state index contributed by atoms with van der Waals surface area (Å²) in [7, 11) is 0. The van der Waals surface area contributed by atoms with Gasteiger partial charge in [0.1, 0.15) is 6.04 Å². The molecule has 0 aromatic rings. The van der Waals surface area contributed by atoms with Crippen LogP contribution in [0, 0.1) is 0 Å². The van der Waals surface area contributed by atoms with Crippen LogP contribution in [-0.4, -0.2) is 37.6 Å². The maximum atomic E-state index is 11.6. The van der Waals surface area contributed by atoms with Gasteiger partial charge in [-0.25, -0.2) is 0 Å². The van der Waals surface area contributed by atoms with Crippen LogP contribution < -0.4 is 10.6 Å². The van der Waals surface area contributed by atoms with Crippen LogP contribution in [0.25, 0.3) is 0 Å². The summed E-state index contributed by atoms with van der Waals surface area (Å²) < 4.78 is 5.53. The van der Waals surface area contributed by atoms with Crippen molar-refractivity contribution >= 4 is 11.8 Å². The van der Waals surface area contributed by atoms with E-state index in [1.54, 1.807) is 6.92 Å². The molecule has 0 saturated heterocycles. The number of carbonyl (C=O) groups excluding carboxylic acids is 2. The van der Waals surface area contributed by atoms with Crippen LogP contribution in [0.4, 0.5) is 0 Å². The van der Waals surface area contributed by atoms with E-state index in [-0.39, 0.29) is 11.8 Å². The Morgan fingerprint density at radius 3 is 2.29 bits per heavy atom. The van der Waals surface area contributed by atoms with Crippen LogP contribution >= 0.6 is 0 Å². The number of carbonyl (C=O) groups is 2. The minimum atomic E-state index is -0.480. The highest BCUT2D eigenvalue weighted by molar-refractivity contribution is 5.86. The summed E-state index contributed by atoms with van der Waals surface area (Å²) in [5, 5.41) is 5.33. The Bertz CT molecular complexity index is 283. The van der Waals surface area contributed by atoms with E-state index in [0.29, 0.717) is 13.2 Å². The molecule has 124 valence electrons. The van der Waals surface area contributed by atoms with Crippen molar-refractivity contribution in [3.63, 3.8) is 0 Å². The second-order valence-corrected chi connectivity index (χ2v) is 5.45. The summed E-state index contributed by atoms with van der Waals surface area (Å²) >= 11 is 0. The molecule has 1 unspecified atom stereocenters. The average molecular weight is 300 g/mol. The molecule has 0 rings (SSSR count). The normalized spacial score (nSPS) is 12.0. The Kier molecular flexibility index (Phi) is 13.1.